The van der Waals surface area contributed by atoms with Crippen molar-refractivity contribution >= 4 is 29.7 Å². The Bertz CT molecular complexity index is 746. The van der Waals surface area contributed by atoms with E-state index in [-0.39, 0.29) is 31.9 Å². The predicted molar refractivity (Wildman–Crippen MR) is 106 cm³/mol. The highest BCUT2D eigenvalue weighted by molar-refractivity contribution is 5.91. The summed E-state index contributed by atoms with van der Waals surface area (Å²) >= 11 is 0. The molecule has 30 heavy (non-hydrogen) atoms. The van der Waals surface area contributed by atoms with Gasteiger partial charge >= 0.3 is 5.97 Å². The summed E-state index contributed by atoms with van der Waals surface area (Å²) in [5.41, 5.74) is 16.2. The first-order valence-corrected chi connectivity index (χ1v) is 9.04. The lowest BCUT2D eigenvalue weighted by molar-refractivity contribution is -0.141. The van der Waals surface area contributed by atoms with Crippen LogP contribution in [-0.4, -0.2) is 76.4 Å². The average Bonchev–Trinajstić information content (AvgIpc) is 3.20. The number of hydrogen-bond acceptors (Lipinski definition) is 7. The number of carboxylic acid groups (broad SMARTS) is 1. The molecule has 0 saturated heterocycles. The van der Waals surface area contributed by atoms with Crippen LogP contribution in [0.15, 0.2) is 17.5 Å². The molecule has 14 heteroatoms. The number of nitrogens with two attached hydrogens (primary N) is 3. The zero-order chi connectivity index (χ0) is 22.5. The highest BCUT2D eigenvalue weighted by atomic mass is 16.4. The lowest BCUT2D eigenvalue weighted by Gasteiger charge is -2.18. The lowest BCUT2D eigenvalue weighted by atomic mass is 10.1. The second-order valence-corrected chi connectivity index (χ2v) is 6.23. The van der Waals surface area contributed by atoms with Crippen LogP contribution in [0.5, 0.6) is 0 Å². The number of rotatable bonds is 13. The van der Waals surface area contributed by atoms with Crippen LogP contribution in [0.3, 0.4) is 0 Å². The fraction of sp³-hybridized carbons (Fsp3) is 0.500. The van der Waals surface area contributed by atoms with E-state index in [2.05, 4.69) is 30.9 Å². The second-order valence-electron chi connectivity index (χ2n) is 6.23. The van der Waals surface area contributed by atoms with Crippen molar-refractivity contribution in [2.45, 2.75) is 31.3 Å². The summed E-state index contributed by atoms with van der Waals surface area (Å²) in [6, 6.07) is -2.16. The van der Waals surface area contributed by atoms with Crippen LogP contribution >= 0.6 is 0 Å². The van der Waals surface area contributed by atoms with Gasteiger partial charge in [-0.05, 0) is 12.8 Å². The lowest BCUT2D eigenvalue weighted by Crippen LogP contribution is -2.52. The first-order valence-electron chi connectivity index (χ1n) is 9.04. The first-order chi connectivity index (χ1) is 14.2. The Morgan fingerprint density at radius 3 is 2.43 bits per heavy atom. The van der Waals surface area contributed by atoms with E-state index in [0.717, 1.165) is 0 Å². The van der Waals surface area contributed by atoms with Crippen LogP contribution in [0.4, 0.5) is 0 Å². The molecule has 2 atom stereocenters. The largest absolute Gasteiger partial charge is 0.480 e. The first kappa shape index (κ1) is 24.4. The number of carbonyl (C=O) groups excluding carboxylic acids is 3. The predicted octanol–water partition coefficient (Wildman–Crippen LogP) is -3.87. The third-order valence-corrected chi connectivity index (χ3v) is 3.82. The Morgan fingerprint density at radius 1 is 1.17 bits per heavy atom. The molecule has 0 radical (unpaired) electrons. The number of nitrogens with one attached hydrogen (secondary N) is 4. The zero-order valence-electron chi connectivity index (χ0n) is 16.3. The molecule has 1 heterocycles. The highest BCUT2D eigenvalue weighted by Gasteiger charge is 2.23. The zero-order valence-corrected chi connectivity index (χ0v) is 16.3. The number of hydrogen-bond donors (Lipinski definition) is 8. The van der Waals surface area contributed by atoms with Crippen LogP contribution in [0.2, 0.25) is 0 Å². The van der Waals surface area contributed by atoms with Crippen molar-refractivity contribution in [3.8, 4) is 0 Å². The van der Waals surface area contributed by atoms with Gasteiger partial charge in [-0.3, -0.25) is 19.4 Å². The van der Waals surface area contributed by atoms with Gasteiger partial charge in [-0.25, -0.2) is 9.78 Å². The van der Waals surface area contributed by atoms with Crippen molar-refractivity contribution in [2.75, 3.05) is 19.6 Å². The topological polar surface area (TPSA) is 244 Å². The maximum absolute atomic E-state index is 12.3. The third-order valence-electron chi connectivity index (χ3n) is 3.82. The van der Waals surface area contributed by atoms with Crippen LogP contribution in [0, 0.1) is 0 Å². The van der Waals surface area contributed by atoms with E-state index >= 15 is 0 Å². The molecule has 3 amide bonds. The average molecular weight is 425 g/mol. The Balaban J connectivity index is 2.57. The standard InChI is InChI=1S/C16H27N9O5/c17-5-12(26)24-10(2-1-3-21-16(18)19)14(28)22-7-13(27)25-11(15(29)30)4-9-6-20-8-23-9/h6,8,10-11H,1-5,7,17H2,(H,20,23)(H,22,28)(H,24,26)(H,25,27)(H,29,30)(H4,18,19,21). The van der Waals surface area contributed by atoms with Crippen LogP contribution in [0.1, 0.15) is 18.5 Å². The molecule has 0 saturated carbocycles. The minimum absolute atomic E-state index is 0.00497. The number of aromatic amines is 1. The molecule has 2 unspecified atom stereocenters. The summed E-state index contributed by atoms with van der Waals surface area (Å²) in [5.74, 6) is -3.22. The molecule has 0 spiro atoms. The molecule has 0 fully saturated rings. The maximum Gasteiger partial charge on any atom is 0.326 e. The number of nitrogens with zero attached hydrogens (tertiary/aromatic N) is 2. The summed E-state index contributed by atoms with van der Waals surface area (Å²) in [5, 5.41) is 16.4. The molecular formula is C16H27N9O5. The van der Waals surface area contributed by atoms with Crippen molar-refractivity contribution in [3.63, 3.8) is 0 Å². The molecule has 1 aromatic heterocycles. The van der Waals surface area contributed by atoms with Crippen molar-refractivity contribution in [1.82, 2.24) is 25.9 Å². The van der Waals surface area contributed by atoms with Crippen molar-refractivity contribution in [3.05, 3.63) is 18.2 Å². The molecule has 14 nitrogen and oxygen atoms in total. The summed E-state index contributed by atoms with van der Waals surface area (Å²) in [6.07, 6.45) is 3.41. The van der Waals surface area contributed by atoms with E-state index < -0.39 is 42.3 Å². The van der Waals surface area contributed by atoms with Gasteiger partial charge in [-0.1, -0.05) is 0 Å². The van der Waals surface area contributed by atoms with Gasteiger partial charge in [0.1, 0.15) is 12.1 Å². The number of H-pyrrole nitrogens is 1. The minimum atomic E-state index is -1.24. The van der Waals surface area contributed by atoms with E-state index in [1.54, 1.807) is 0 Å². The highest BCUT2D eigenvalue weighted by Crippen LogP contribution is 2.00. The van der Waals surface area contributed by atoms with E-state index in [9.17, 15) is 24.3 Å². The quantitative estimate of drug-likeness (QED) is 0.0873. The van der Waals surface area contributed by atoms with Crippen LogP contribution in [0.25, 0.3) is 0 Å². The van der Waals surface area contributed by atoms with Crippen molar-refractivity contribution in [1.29, 1.82) is 0 Å². The van der Waals surface area contributed by atoms with Crippen LogP contribution in [-0.2, 0) is 25.6 Å². The molecule has 0 bridgehead atoms. The number of guanidine groups is 1. The molecule has 0 aromatic carbocycles. The molecule has 166 valence electrons. The van der Waals surface area contributed by atoms with Crippen LogP contribution < -0.4 is 33.2 Å². The summed E-state index contributed by atoms with van der Waals surface area (Å²) in [6.45, 7) is -0.542. The summed E-state index contributed by atoms with van der Waals surface area (Å²) < 4.78 is 0. The minimum Gasteiger partial charge on any atom is -0.480 e. The van der Waals surface area contributed by atoms with E-state index in [0.29, 0.717) is 12.1 Å². The molecule has 0 aliphatic heterocycles. The second kappa shape index (κ2) is 12.7. The number of carboxylic acids is 1. The van der Waals surface area contributed by atoms with Gasteiger partial charge in [0.15, 0.2) is 5.96 Å². The smallest absolute Gasteiger partial charge is 0.326 e. The van der Waals surface area contributed by atoms with Crippen molar-refractivity contribution < 1.29 is 24.3 Å². The normalized spacial score (nSPS) is 12.3. The molecule has 1 rings (SSSR count). The maximum atomic E-state index is 12.3. The van der Waals surface area contributed by atoms with Gasteiger partial charge in [0.25, 0.3) is 0 Å². The summed E-state index contributed by atoms with van der Waals surface area (Å²) in [7, 11) is 0. The Kier molecular flexibility index (Phi) is 10.3. The van der Waals surface area contributed by atoms with Gasteiger partial charge < -0.3 is 43.2 Å². The van der Waals surface area contributed by atoms with Gasteiger partial charge in [0.05, 0.1) is 19.4 Å². The van der Waals surface area contributed by atoms with Gasteiger partial charge in [0, 0.05) is 24.9 Å². The SMILES string of the molecule is NCC(=O)NC(CCCN=C(N)N)C(=O)NCC(=O)NC(Cc1cnc[nH]1)C(=O)O. The molecule has 11 N–H and O–H groups in total. The fourth-order valence-corrected chi connectivity index (χ4v) is 2.38. The Hall–Kier alpha value is -3.68. The molecule has 1 aromatic rings. The number of aromatic nitrogens is 2. The number of aliphatic imine (C=N–C) groups is 1. The Morgan fingerprint density at radius 2 is 1.87 bits per heavy atom. The van der Waals surface area contributed by atoms with Crippen molar-refractivity contribution in [2.24, 2.45) is 22.2 Å². The number of aliphatic carboxylic acids is 1. The van der Waals surface area contributed by atoms with Gasteiger partial charge in [0.2, 0.25) is 17.7 Å². The van der Waals surface area contributed by atoms with Gasteiger partial charge in [-0.15, -0.1) is 0 Å². The van der Waals surface area contributed by atoms with E-state index in [1.807, 2.05) is 0 Å². The molecular weight excluding hydrogens is 398 g/mol. The van der Waals surface area contributed by atoms with E-state index in [4.69, 9.17) is 17.2 Å². The number of imidazole rings is 1. The fourth-order valence-electron chi connectivity index (χ4n) is 2.38. The number of amides is 3. The number of carbonyl (C=O) groups is 4. The summed E-state index contributed by atoms with van der Waals surface area (Å²) in [4.78, 5) is 57.6. The molecule has 0 aliphatic rings. The van der Waals surface area contributed by atoms with Gasteiger partial charge in [-0.2, -0.15) is 0 Å². The monoisotopic (exact) mass is 425 g/mol. The third kappa shape index (κ3) is 9.50. The molecule has 0 aliphatic carbocycles. The van der Waals surface area contributed by atoms with E-state index in [1.165, 1.54) is 12.5 Å². The Labute approximate surface area is 172 Å².